The molecule has 2 aromatic heterocycles. The zero-order valence-electron chi connectivity index (χ0n) is 17.5. The Kier molecular flexibility index (Phi) is 8.75. The summed E-state index contributed by atoms with van der Waals surface area (Å²) in [4.78, 5) is 9.34. The van der Waals surface area contributed by atoms with Gasteiger partial charge in [-0.25, -0.2) is 9.98 Å². The lowest BCUT2D eigenvalue weighted by atomic mass is 10.1. The Morgan fingerprint density at radius 2 is 2.00 bits per heavy atom. The highest BCUT2D eigenvalue weighted by molar-refractivity contribution is 14.0. The number of imidazole rings is 1. The van der Waals surface area contributed by atoms with Crippen LogP contribution >= 0.6 is 24.0 Å². The predicted molar refractivity (Wildman–Crippen MR) is 130 cm³/mol. The van der Waals surface area contributed by atoms with E-state index in [9.17, 15) is 0 Å². The highest BCUT2D eigenvalue weighted by Gasteiger charge is 2.06. The van der Waals surface area contributed by atoms with Gasteiger partial charge >= 0.3 is 0 Å². The molecule has 29 heavy (non-hydrogen) atoms. The van der Waals surface area contributed by atoms with E-state index in [1.807, 2.05) is 18.2 Å². The van der Waals surface area contributed by atoms with Crippen LogP contribution in [0.1, 0.15) is 29.4 Å². The van der Waals surface area contributed by atoms with Crippen molar-refractivity contribution >= 4 is 35.6 Å². The molecular formula is C22H30IN5O. The number of halogens is 1. The number of benzene rings is 1. The molecule has 156 valence electrons. The molecule has 0 fully saturated rings. The Balaban J connectivity index is 0.00000300. The van der Waals surface area contributed by atoms with Crippen molar-refractivity contribution in [1.29, 1.82) is 0 Å². The van der Waals surface area contributed by atoms with Crippen LogP contribution in [-0.2, 0) is 13.0 Å². The minimum atomic E-state index is 0. The van der Waals surface area contributed by atoms with Crippen molar-refractivity contribution in [2.24, 2.45) is 4.99 Å². The van der Waals surface area contributed by atoms with E-state index < -0.39 is 0 Å². The number of aromatic nitrogens is 2. The topological polar surface area (TPSA) is 63.0 Å². The van der Waals surface area contributed by atoms with E-state index >= 15 is 0 Å². The van der Waals surface area contributed by atoms with Gasteiger partial charge in [0.15, 0.2) is 5.96 Å². The van der Waals surface area contributed by atoms with Crippen LogP contribution in [0.15, 0.2) is 47.6 Å². The molecular weight excluding hydrogens is 477 g/mol. The number of aliphatic imine (C=N–C) groups is 1. The molecule has 0 spiro atoms. The summed E-state index contributed by atoms with van der Waals surface area (Å²) >= 11 is 0. The molecule has 3 aromatic rings. The Labute approximate surface area is 189 Å². The Hall–Kier alpha value is -2.29. The first-order valence-corrected chi connectivity index (χ1v) is 9.70. The summed E-state index contributed by atoms with van der Waals surface area (Å²) in [5.41, 5.74) is 5.50. The van der Waals surface area contributed by atoms with E-state index in [0.717, 1.165) is 48.3 Å². The van der Waals surface area contributed by atoms with Crippen LogP contribution in [0, 0.1) is 13.8 Å². The summed E-state index contributed by atoms with van der Waals surface area (Å²) in [7, 11) is 1.71. The number of aryl methyl sites for hydroxylation is 2. The fourth-order valence-corrected chi connectivity index (χ4v) is 3.20. The summed E-state index contributed by atoms with van der Waals surface area (Å²) in [6.45, 7) is 8.35. The second kappa shape index (κ2) is 11.0. The number of nitrogens with one attached hydrogen (secondary N) is 2. The van der Waals surface area contributed by atoms with Crippen LogP contribution < -0.4 is 15.4 Å². The quantitative estimate of drug-likeness (QED) is 0.290. The molecule has 2 heterocycles. The molecule has 0 atom stereocenters. The maximum absolute atomic E-state index is 5.46. The second-order valence-corrected chi connectivity index (χ2v) is 6.81. The van der Waals surface area contributed by atoms with E-state index in [4.69, 9.17) is 4.74 Å². The minimum Gasteiger partial charge on any atom is -0.496 e. The van der Waals surface area contributed by atoms with Crippen LogP contribution in [0.5, 0.6) is 5.75 Å². The molecule has 1 aromatic carbocycles. The Morgan fingerprint density at radius 3 is 2.72 bits per heavy atom. The first-order valence-electron chi connectivity index (χ1n) is 9.70. The van der Waals surface area contributed by atoms with Gasteiger partial charge in [-0.05, 0) is 51.0 Å². The van der Waals surface area contributed by atoms with Crippen molar-refractivity contribution in [1.82, 2.24) is 20.0 Å². The third-order valence-corrected chi connectivity index (χ3v) is 4.61. The minimum absolute atomic E-state index is 0. The van der Waals surface area contributed by atoms with E-state index in [2.05, 4.69) is 70.2 Å². The van der Waals surface area contributed by atoms with Crippen LogP contribution in [0.4, 0.5) is 0 Å². The molecule has 0 aliphatic heterocycles. The molecule has 0 aliphatic rings. The van der Waals surface area contributed by atoms with Gasteiger partial charge in [-0.2, -0.15) is 0 Å². The molecule has 0 aliphatic carbocycles. The average Bonchev–Trinajstić information content (AvgIpc) is 3.11. The summed E-state index contributed by atoms with van der Waals surface area (Å²) < 4.78 is 7.56. The van der Waals surface area contributed by atoms with Crippen LogP contribution in [0.25, 0.3) is 5.65 Å². The number of ether oxygens (including phenoxy) is 1. The Bertz CT molecular complexity index is 967. The Morgan fingerprint density at radius 1 is 1.17 bits per heavy atom. The molecule has 3 rings (SSSR count). The molecule has 6 nitrogen and oxygen atoms in total. The number of pyridine rings is 1. The number of hydrogen-bond acceptors (Lipinski definition) is 3. The van der Waals surface area contributed by atoms with E-state index in [1.165, 1.54) is 11.1 Å². The molecule has 0 unspecified atom stereocenters. The lowest BCUT2D eigenvalue weighted by molar-refractivity contribution is 0.409. The molecule has 0 saturated carbocycles. The number of hydrogen-bond donors (Lipinski definition) is 2. The lowest BCUT2D eigenvalue weighted by Gasteiger charge is -2.13. The standard InChI is InChI=1S/C22H29N5O.HI/c1-5-23-22(24-12-11-18-13-16(2)9-10-20(18)28-4)25-14-19-15-27-17(3)7-6-8-21(27)26-19;/h6-10,13,15H,5,11-12,14H2,1-4H3,(H2,23,24,25);1H. The van der Waals surface area contributed by atoms with E-state index in [0.29, 0.717) is 6.54 Å². The molecule has 0 radical (unpaired) electrons. The highest BCUT2D eigenvalue weighted by atomic mass is 127. The summed E-state index contributed by atoms with van der Waals surface area (Å²) in [6, 6.07) is 12.4. The summed E-state index contributed by atoms with van der Waals surface area (Å²) in [5.74, 6) is 1.72. The third kappa shape index (κ3) is 6.09. The highest BCUT2D eigenvalue weighted by Crippen LogP contribution is 2.19. The van der Waals surface area contributed by atoms with Crippen LogP contribution in [0.2, 0.25) is 0 Å². The first kappa shape index (κ1) is 23.0. The number of nitrogens with zero attached hydrogens (tertiary/aromatic N) is 3. The zero-order chi connectivity index (χ0) is 19.9. The van der Waals surface area contributed by atoms with Crippen LogP contribution in [0.3, 0.4) is 0 Å². The monoisotopic (exact) mass is 507 g/mol. The van der Waals surface area contributed by atoms with Crippen molar-refractivity contribution in [2.75, 3.05) is 20.2 Å². The fraction of sp³-hybridized carbons (Fsp3) is 0.364. The number of guanidine groups is 1. The van der Waals surface area contributed by atoms with Crippen molar-refractivity contribution in [2.45, 2.75) is 33.7 Å². The first-order chi connectivity index (χ1) is 13.6. The number of methoxy groups -OCH3 is 1. The van der Waals surface area contributed by atoms with Gasteiger partial charge in [0, 0.05) is 25.0 Å². The molecule has 0 saturated heterocycles. The van der Waals surface area contributed by atoms with Gasteiger partial charge in [0.25, 0.3) is 0 Å². The van der Waals surface area contributed by atoms with E-state index in [-0.39, 0.29) is 24.0 Å². The van der Waals surface area contributed by atoms with Crippen molar-refractivity contribution in [3.8, 4) is 5.75 Å². The third-order valence-electron chi connectivity index (χ3n) is 4.61. The van der Waals surface area contributed by atoms with Gasteiger partial charge in [0.1, 0.15) is 11.4 Å². The number of rotatable bonds is 7. The smallest absolute Gasteiger partial charge is 0.191 e. The number of fused-ring (bicyclic) bond motifs is 1. The van der Waals surface area contributed by atoms with Gasteiger partial charge in [0.2, 0.25) is 0 Å². The van der Waals surface area contributed by atoms with Gasteiger partial charge in [0.05, 0.1) is 19.3 Å². The van der Waals surface area contributed by atoms with Crippen molar-refractivity contribution in [3.05, 3.63) is 65.1 Å². The zero-order valence-corrected chi connectivity index (χ0v) is 19.9. The van der Waals surface area contributed by atoms with Gasteiger partial charge < -0.3 is 19.8 Å². The van der Waals surface area contributed by atoms with Gasteiger partial charge in [-0.15, -0.1) is 24.0 Å². The maximum atomic E-state index is 5.46. The molecule has 0 amide bonds. The van der Waals surface area contributed by atoms with Gasteiger partial charge in [-0.1, -0.05) is 23.8 Å². The molecule has 0 bridgehead atoms. The maximum Gasteiger partial charge on any atom is 0.191 e. The molecule has 7 heteroatoms. The van der Waals surface area contributed by atoms with Crippen molar-refractivity contribution in [3.63, 3.8) is 0 Å². The summed E-state index contributed by atoms with van der Waals surface area (Å²) in [5, 5.41) is 6.70. The predicted octanol–water partition coefficient (Wildman–Crippen LogP) is 3.88. The average molecular weight is 507 g/mol. The van der Waals surface area contributed by atoms with E-state index in [1.54, 1.807) is 7.11 Å². The SMILES string of the molecule is CCNC(=NCc1cn2c(C)cccc2n1)NCCc1cc(C)ccc1OC.I. The fourth-order valence-electron chi connectivity index (χ4n) is 3.20. The van der Waals surface area contributed by atoms with Crippen LogP contribution in [-0.4, -0.2) is 35.5 Å². The van der Waals surface area contributed by atoms with Crippen molar-refractivity contribution < 1.29 is 4.74 Å². The normalized spacial score (nSPS) is 11.2. The summed E-state index contributed by atoms with van der Waals surface area (Å²) in [6.07, 6.45) is 2.91. The lowest BCUT2D eigenvalue weighted by Crippen LogP contribution is -2.38. The van der Waals surface area contributed by atoms with Gasteiger partial charge in [-0.3, -0.25) is 0 Å². The largest absolute Gasteiger partial charge is 0.496 e. The molecule has 2 N–H and O–H groups in total. The second-order valence-electron chi connectivity index (χ2n) is 6.81.